The molecule has 0 radical (unpaired) electrons. The lowest BCUT2D eigenvalue weighted by Crippen LogP contribution is -2.39. The number of carbonyl (C=O) groups is 1. The van der Waals surface area contributed by atoms with Gasteiger partial charge in [0.1, 0.15) is 18.9 Å². The van der Waals surface area contributed by atoms with Gasteiger partial charge in [0.15, 0.2) is 0 Å². The van der Waals surface area contributed by atoms with Crippen molar-refractivity contribution in [2.45, 2.75) is 20.5 Å². The Morgan fingerprint density at radius 3 is 2.32 bits per heavy atom. The maximum atomic E-state index is 12.4. The standard InChI is InChI=1S/C25H26ClN3O4S/c1-18-6-4-7-19(2)25(18)29(34(3,31)32)16-24(30)28-27-15-20-10-12-23(13-11-20)33-17-21-8-5-9-22(26)14-21/h4-15H,16-17H2,1-3H3,(H,28,30)/b27-15-. The lowest BCUT2D eigenvalue weighted by atomic mass is 10.1. The van der Waals surface area contributed by atoms with Crippen LogP contribution in [-0.4, -0.2) is 33.3 Å². The smallest absolute Gasteiger partial charge is 0.260 e. The van der Waals surface area contributed by atoms with Crippen LogP contribution in [0, 0.1) is 13.8 Å². The molecule has 7 nitrogen and oxygen atoms in total. The van der Waals surface area contributed by atoms with Gasteiger partial charge in [0.05, 0.1) is 18.2 Å². The summed E-state index contributed by atoms with van der Waals surface area (Å²) >= 11 is 5.98. The number of para-hydroxylation sites is 1. The summed E-state index contributed by atoms with van der Waals surface area (Å²) in [4.78, 5) is 12.4. The number of anilines is 1. The molecule has 0 heterocycles. The van der Waals surface area contributed by atoms with Gasteiger partial charge in [0.2, 0.25) is 10.0 Å². The highest BCUT2D eigenvalue weighted by atomic mass is 35.5. The van der Waals surface area contributed by atoms with Gasteiger partial charge in [-0.15, -0.1) is 0 Å². The first kappa shape index (κ1) is 25.3. The topological polar surface area (TPSA) is 88.1 Å². The molecule has 3 aromatic rings. The summed E-state index contributed by atoms with van der Waals surface area (Å²) in [6.07, 6.45) is 2.55. The summed E-state index contributed by atoms with van der Waals surface area (Å²) in [5, 5.41) is 4.60. The van der Waals surface area contributed by atoms with E-state index in [1.807, 2.05) is 24.3 Å². The van der Waals surface area contributed by atoms with Crippen molar-refractivity contribution in [2.75, 3.05) is 17.1 Å². The number of rotatable bonds is 9. The molecule has 0 aliphatic rings. The third-order valence-electron chi connectivity index (χ3n) is 4.95. The number of nitrogens with zero attached hydrogens (tertiary/aromatic N) is 2. The zero-order valence-corrected chi connectivity index (χ0v) is 20.7. The van der Waals surface area contributed by atoms with Gasteiger partial charge in [0.25, 0.3) is 5.91 Å². The Bertz CT molecular complexity index is 1270. The van der Waals surface area contributed by atoms with Gasteiger partial charge in [0, 0.05) is 5.02 Å². The van der Waals surface area contributed by atoms with Crippen molar-refractivity contribution in [1.29, 1.82) is 0 Å². The molecule has 0 aliphatic carbocycles. The fraction of sp³-hybridized carbons (Fsp3) is 0.200. The van der Waals surface area contributed by atoms with Crippen LogP contribution in [0.2, 0.25) is 5.02 Å². The van der Waals surface area contributed by atoms with Crippen molar-refractivity contribution < 1.29 is 17.9 Å². The first-order chi connectivity index (χ1) is 16.1. The van der Waals surface area contributed by atoms with Crippen LogP contribution in [0.15, 0.2) is 71.8 Å². The Labute approximate surface area is 205 Å². The fourth-order valence-electron chi connectivity index (χ4n) is 3.35. The van der Waals surface area contributed by atoms with E-state index in [9.17, 15) is 13.2 Å². The molecule has 0 saturated heterocycles. The molecule has 0 aliphatic heterocycles. The zero-order valence-electron chi connectivity index (χ0n) is 19.2. The first-order valence-electron chi connectivity index (χ1n) is 10.5. The van der Waals surface area contributed by atoms with Crippen LogP contribution >= 0.6 is 11.6 Å². The van der Waals surface area contributed by atoms with E-state index < -0.39 is 15.9 Å². The highest BCUT2D eigenvalue weighted by molar-refractivity contribution is 7.92. The second-order valence-corrected chi connectivity index (χ2v) is 10.1. The molecule has 0 spiro atoms. The van der Waals surface area contributed by atoms with Crippen molar-refractivity contribution in [3.8, 4) is 5.75 Å². The second-order valence-electron chi connectivity index (χ2n) is 7.79. The number of ether oxygens (including phenoxy) is 1. The number of halogens is 1. The highest BCUT2D eigenvalue weighted by Gasteiger charge is 2.23. The predicted octanol–water partition coefficient (Wildman–Crippen LogP) is 4.45. The molecule has 9 heteroatoms. The number of hydrazone groups is 1. The van der Waals surface area contributed by atoms with Crippen LogP contribution < -0.4 is 14.5 Å². The monoisotopic (exact) mass is 499 g/mol. The number of hydrogen-bond donors (Lipinski definition) is 1. The van der Waals surface area contributed by atoms with Gasteiger partial charge in [-0.05, 0) is 72.5 Å². The van der Waals surface area contributed by atoms with E-state index in [4.69, 9.17) is 16.3 Å². The van der Waals surface area contributed by atoms with Crippen molar-refractivity contribution in [3.05, 3.63) is 94.0 Å². The Hall–Kier alpha value is -3.36. The van der Waals surface area contributed by atoms with Gasteiger partial charge in [-0.1, -0.05) is 41.9 Å². The number of nitrogens with one attached hydrogen (secondary N) is 1. The van der Waals surface area contributed by atoms with E-state index in [-0.39, 0.29) is 6.54 Å². The number of benzene rings is 3. The fourth-order valence-corrected chi connectivity index (χ4v) is 4.53. The van der Waals surface area contributed by atoms with Crippen molar-refractivity contribution in [2.24, 2.45) is 5.10 Å². The van der Waals surface area contributed by atoms with E-state index >= 15 is 0 Å². The second kappa shape index (κ2) is 11.2. The highest BCUT2D eigenvalue weighted by Crippen LogP contribution is 2.26. The molecular formula is C25H26ClN3O4S. The first-order valence-corrected chi connectivity index (χ1v) is 12.7. The molecule has 178 valence electrons. The largest absolute Gasteiger partial charge is 0.489 e. The molecule has 0 saturated carbocycles. The van der Waals surface area contributed by atoms with Gasteiger partial charge in [-0.2, -0.15) is 5.10 Å². The maximum absolute atomic E-state index is 12.4. The number of amides is 1. The molecule has 0 atom stereocenters. The SMILES string of the molecule is Cc1cccc(C)c1N(CC(=O)N/N=C\c1ccc(OCc2cccc(Cl)c2)cc1)S(C)(=O)=O. The Morgan fingerprint density at radius 2 is 1.71 bits per heavy atom. The van der Waals surface area contributed by atoms with Crippen LogP contribution in [0.5, 0.6) is 5.75 Å². The number of sulfonamides is 1. The minimum Gasteiger partial charge on any atom is -0.489 e. The Kier molecular flexibility index (Phi) is 8.31. The van der Waals surface area contributed by atoms with Crippen molar-refractivity contribution >= 4 is 39.4 Å². The minimum atomic E-state index is -3.67. The van der Waals surface area contributed by atoms with Crippen LogP contribution in [-0.2, 0) is 21.4 Å². The van der Waals surface area contributed by atoms with E-state index in [1.165, 1.54) is 6.21 Å². The van der Waals surface area contributed by atoms with Gasteiger partial charge in [-0.3, -0.25) is 9.10 Å². The quantitative estimate of drug-likeness (QED) is 0.348. The van der Waals surface area contributed by atoms with Gasteiger partial charge in [-0.25, -0.2) is 13.8 Å². The van der Waals surface area contributed by atoms with E-state index in [1.54, 1.807) is 56.3 Å². The number of carbonyl (C=O) groups excluding carboxylic acids is 1. The normalized spacial score (nSPS) is 11.4. The van der Waals surface area contributed by atoms with Crippen LogP contribution in [0.1, 0.15) is 22.3 Å². The maximum Gasteiger partial charge on any atom is 0.260 e. The molecule has 0 unspecified atom stereocenters. The number of hydrogen-bond acceptors (Lipinski definition) is 5. The minimum absolute atomic E-state index is 0.377. The third kappa shape index (κ3) is 7.07. The van der Waals surface area contributed by atoms with Crippen LogP contribution in [0.4, 0.5) is 5.69 Å². The summed E-state index contributed by atoms with van der Waals surface area (Å²) in [7, 11) is -3.67. The van der Waals surface area contributed by atoms with Gasteiger partial charge < -0.3 is 4.74 Å². The summed E-state index contributed by atoms with van der Waals surface area (Å²) in [5.74, 6) is 0.129. The lowest BCUT2D eigenvalue weighted by Gasteiger charge is -2.25. The molecular weight excluding hydrogens is 474 g/mol. The Balaban J connectivity index is 1.58. The average molecular weight is 500 g/mol. The third-order valence-corrected chi connectivity index (χ3v) is 6.30. The average Bonchev–Trinajstić information content (AvgIpc) is 2.77. The summed E-state index contributed by atoms with van der Waals surface area (Å²) in [5.41, 5.74) is 6.12. The summed E-state index contributed by atoms with van der Waals surface area (Å²) in [6, 6.07) is 20.1. The van der Waals surface area contributed by atoms with Crippen molar-refractivity contribution in [1.82, 2.24) is 5.43 Å². The molecule has 0 aromatic heterocycles. The molecule has 3 aromatic carbocycles. The lowest BCUT2D eigenvalue weighted by molar-refractivity contribution is -0.119. The molecule has 1 N–H and O–H groups in total. The Morgan fingerprint density at radius 1 is 1.06 bits per heavy atom. The summed E-state index contributed by atoms with van der Waals surface area (Å²) < 4.78 is 31.5. The molecule has 3 rings (SSSR count). The van der Waals surface area contributed by atoms with Crippen LogP contribution in [0.25, 0.3) is 0 Å². The zero-order chi connectivity index (χ0) is 24.7. The molecule has 0 bridgehead atoms. The van der Waals surface area contributed by atoms with E-state index in [2.05, 4.69) is 10.5 Å². The summed E-state index contributed by atoms with van der Waals surface area (Å²) in [6.45, 7) is 3.62. The molecule has 1 amide bonds. The van der Waals surface area contributed by atoms with Gasteiger partial charge >= 0.3 is 0 Å². The molecule has 34 heavy (non-hydrogen) atoms. The van der Waals surface area contributed by atoms with Crippen LogP contribution in [0.3, 0.4) is 0 Å². The molecule has 0 fully saturated rings. The predicted molar refractivity (Wildman–Crippen MR) is 136 cm³/mol. The number of aryl methyl sites for hydroxylation is 2. The van der Waals surface area contributed by atoms with E-state index in [0.29, 0.717) is 23.1 Å². The van der Waals surface area contributed by atoms with Crippen molar-refractivity contribution in [3.63, 3.8) is 0 Å². The van der Waals surface area contributed by atoms with E-state index in [0.717, 1.165) is 32.8 Å².